The summed E-state index contributed by atoms with van der Waals surface area (Å²) < 4.78 is 23.5. The van der Waals surface area contributed by atoms with Gasteiger partial charge < -0.3 is 11.5 Å². The normalized spacial score (nSPS) is 11.9. The number of nitrogens with zero attached hydrogens (tertiary/aromatic N) is 1. The summed E-state index contributed by atoms with van der Waals surface area (Å²) in [5, 5.41) is 2.50. The Kier molecular flexibility index (Phi) is 3.86. The summed E-state index contributed by atoms with van der Waals surface area (Å²) in [6.45, 7) is 0. The summed E-state index contributed by atoms with van der Waals surface area (Å²) in [6, 6.07) is 3.69. The van der Waals surface area contributed by atoms with Crippen molar-refractivity contribution in [1.82, 2.24) is 4.98 Å². The highest BCUT2D eigenvalue weighted by atomic mass is 32.2. The number of carbonyl (C=O) groups excluding carboxylic acids is 1. The number of hydrogen-bond acceptors (Lipinski definition) is 7. The molecular formula is C14H13N3O3S3. The van der Waals surface area contributed by atoms with Crippen molar-refractivity contribution >= 4 is 54.3 Å². The first-order chi connectivity index (χ1) is 10.7. The topological polar surface area (TPSA) is 116 Å². The van der Waals surface area contributed by atoms with E-state index in [-0.39, 0.29) is 5.75 Å². The quantitative estimate of drug-likeness (QED) is 0.733. The highest BCUT2D eigenvalue weighted by molar-refractivity contribution is 7.89. The van der Waals surface area contributed by atoms with Crippen molar-refractivity contribution in [3.8, 4) is 9.75 Å². The smallest absolute Gasteiger partial charge is 0.251 e. The van der Waals surface area contributed by atoms with Crippen LogP contribution in [0.1, 0.15) is 15.9 Å². The van der Waals surface area contributed by atoms with Gasteiger partial charge in [0.05, 0.1) is 16.0 Å². The molecule has 0 radical (unpaired) electrons. The lowest BCUT2D eigenvalue weighted by atomic mass is 10.2. The van der Waals surface area contributed by atoms with E-state index in [0.717, 1.165) is 15.3 Å². The molecule has 0 fully saturated rings. The Morgan fingerprint density at radius 2 is 2.04 bits per heavy atom. The maximum Gasteiger partial charge on any atom is 0.251 e. The van der Waals surface area contributed by atoms with Gasteiger partial charge >= 0.3 is 0 Å². The Morgan fingerprint density at radius 3 is 2.70 bits per heavy atom. The Labute approximate surface area is 140 Å². The number of primary amides is 1. The first kappa shape index (κ1) is 15.9. The highest BCUT2D eigenvalue weighted by Crippen LogP contribution is 2.39. The molecular weight excluding hydrogens is 354 g/mol. The van der Waals surface area contributed by atoms with Crippen LogP contribution in [0.4, 0.5) is 5.82 Å². The number of fused-ring (bicyclic) bond motifs is 1. The standard InChI is InChI=1S/C14H13N3O3S3/c1-23(19,20)6-7-2-10(21-5-7)11-3-8-12(22-11)9(14(16)18)4-17-13(8)15/h2-5H,6H2,1H3,(H2,15,17)(H2,16,18). The van der Waals surface area contributed by atoms with Crippen molar-refractivity contribution in [1.29, 1.82) is 0 Å². The van der Waals surface area contributed by atoms with Crippen LogP contribution in [0.2, 0.25) is 0 Å². The van der Waals surface area contributed by atoms with Crippen LogP contribution in [0.5, 0.6) is 0 Å². The Bertz CT molecular complexity index is 1020. The molecule has 0 aliphatic rings. The molecule has 3 aromatic rings. The Morgan fingerprint density at radius 1 is 1.30 bits per heavy atom. The van der Waals surface area contributed by atoms with Crippen LogP contribution in [0.25, 0.3) is 19.8 Å². The van der Waals surface area contributed by atoms with Gasteiger partial charge in [0, 0.05) is 27.6 Å². The number of carbonyl (C=O) groups is 1. The van der Waals surface area contributed by atoms with Gasteiger partial charge in [-0.15, -0.1) is 22.7 Å². The fourth-order valence-electron chi connectivity index (χ4n) is 2.22. The third-order valence-electron chi connectivity index (χ3n) is 3.18. The van der Waals surface area contributed by atoms with Crippen LogP contribution in [-0.4, -0.2) is 25.6 Å². The van der Waals surface area contributed by atoms with E-state index in [1.165, 1.54) is 35.1 Å². The zero-order valence-corrected chi connectivity index (χ0v) is 14.5. The maximum absolute atomic E-state index is 11.5. The van der Waals surface area contributed by atoms with Crippen molar-refractivity contribution in [3.05, 3.63) is 34.8 Å². The Balaban J connectivity index is 2.09. The number of aromatic nitrogens is 1. The molecule has 0 saturated heterocycles. The van der Waals surface area contributed by atoms with Crippen molar-refractivity contribution in [2.24, 2.45) is 5.73 Å². The molecule has 3 rings (SSSR count). The second-order valence-electron chi connectivity index (χ2n) is 5.16. The van der Waals surface area contributed by atoms with E-state index in [1.54, 1.807) is 0 Å². The molecule has 0 bridgehead atoms. The lowest BCUT2D eigenvalue weighted by molar-refractivity contribution is 0.100. The van der Waals surface area contributed by atoms with E-state index < -0.39 is 15.7 Å². The van der Waals surface area contributed by atoms with E-state index in [9.17, 15) is 13.2 Å². The van der Waals surface area contributed by atoms with Gasteiger partial charge in [-0.05, 0) is 23.1 Å². The third kappa shape index (κ3) is 3.21. The zero-order chi connectivity index (χ0) is 16.8. The van der Waals surface area contributed by atoms with Crippen LogP contribution in [0.15, 0.2) is 23.7 Å². The van der Waals surface area contributed by atoms with Crippen LogP contribution in [0, 0.1) is 0 Å². The minimum Gasteiger partial charge on any atom is -0.383 e. The van der Waals surface area contributed by atoms with Crippen LogP contribution < -0.4 is 11.5 Å². The average molecular weight is 367 g/mol. The van der Waals surface area contributed by atoms with E-state index in [4.69, 9.17) is 11.5 Å². The van der Waals surface area contributed by atoms with Gasteiger partial charge in [0.2, 0.25) is 0 Å². The fourth-order valence-corrected chi connectivity index (χ4v) is 5.29. The molecule has 0 aliphatic carbocycles. The molecule has 0 unspecified atom stereocenters. The molecule has 3 heterocycles. The zero-order valence-electron chi connectivity index (χ0n) is 12.1. The molecule has 6 nitrogen and oxygen atoms in total. The average Bonchev–Trinajstić information content (AvgIpc) is 3.03. The predicted octanol–water partition coefficient (Wildman–Crippen LogP) is 2.25. The summed E-state index contributed by atoms with van der Waals surface area (Å²) in [5.41, 5.74) is 12.3. The number of nitrogens with two attached hydrogens (primary N) is 2. The molecule has 1 amide bonds. The highest BCUT2D eigenvalue weighted by Gasteiger charge is 2.16. The van der Waals surface area contributed by atoms with Crippen LogP contribution in [-0.2, 0) is 15.6 Å². The van der Waals surface area contributed by atoms with E-state index >= 15 is 0 Å². The molecule has 0 atom stereocenters. The van der Waals surface area contributed by atoms with E-state index in [2.05, 4.69) is 4.98 Å². The molecule has 4 N–H and O–H groups in total. The summed E-state index contributed by atoms with van der Waals surface area (Å²) in [6.07, 6.45) is 2.58. The molecule has 23 heavy (non-hydrogen) atoms. The van der Waals surface area contributed by atoms with Gasteiger partial charge in [0.25, 0.3) is 5.91 Å². The maximum atomic E-state index is 11.5. The number of pyridine rings is 1. The van der Waals surface area contributed by atoms with Gasteiger partial charge in [-0.3, -0.25) is 4.79 Å². The van der Waals surface area contributed by atoms with Crippen molar-refractivity contribution in [3.63, 3.8) is 0 Å². The number of thiophene rings is 2. The lowest BCUT2D eigenvalue weighted by Gasteiger charge is -1.99. The summed E-state index contributed by atoms with van der Waals surface area (Å²) in [5.74, 6) is -0.217. The van der Waals surface area contributed by atoms with Crippen molar-refractivity contribution in [2.45, 2.75) is 5.75 Å². The molecule has 0 spiro atoms. The minimum absolute atomic E-state index is 0.00459. The lowest BCUT2D eigenvalue weighted by Crippen LogP contribution is -2.11. The number of nitrogen functional groups attached to an aromatic ring is 1. The second kappa shape index (κ2) is 5.59. The number of amides is 1. The van der Waals surface area contributed by atoms with Gasteiger partial charge in [-0.2, -0.15) is 0 Å². The van der Waals surface area contributed by atoms with Crippen LogP contribution in [0.3, 0.4) is 0 Å². The summed E-state index contributed by atoms with van der Waals surface area (Å²) in [7, 11) is -3.08. The third-order valence-corrected chi connectivity index (χ3v) is 6.38. The number of hydrogen-bond donors (Lipinski definition) is 2. The molecule has 0 aliphatic heterocycles. The minimum atomic E-state index is -3.08. The number of rotatable bonds is 4. The predicted molar refractivity (Wildman–Crippen MR) is 94.4 cm³/mol. The first-order valence-electron chi connectivity index (χ1n) is 6.48. The summed E-state index contributed by atoms with van der Waals surface area (Å²) in [4.78, 5) is 17.3. The van der Waals surface area contributed by atoms with Gasteiger partial charge in [-0.25, -0.2) is 13.4 Å². The van der Waals surface area contributed by atoms with Crippen LogP contribution >= 0.6 is 22.7 Å². The van der Waals surface area contributed by atoms with Crippen molar-refractivity contribution < 1.29 is 13.2 Å². The fraction of sp³-hybridized carbons (Fsp3) is 0.143. The summed E-state index contributed by atoms with van der Waals surface area (Å²) >= 11 is 2.84. The second-order valence-corrected chi connectivity index (χ2v) is 9.27. The molecule has 9 heteroatoms. The van der Waals surface area contributed by atoms with Gasteiger partial charge in [0.1, 0.15) is 5.82 Å². The monoisotopic (exact) mass is 367 g/mol. The largest absolute Gasteiger partial charge is 0.383 e. The molecule has 120 valence electrons. The van der Waals surface area contributed by atoms with Gasteiger partial charge in [0.15, 0.2) is 9.84 Å². The SMILES string of the molecule is CS(=O)(=O)Cc1csc(-c2cc3c(N)ncc(C(N)=O)c3s2)c1. The molecule has 0 aromatic carbocycles. The molecule has 0 saturated carbocycles. The van der Waals surface area contributed by atoms with Crippen molar-refractivity contribution in [2.75, 3.05) is 12.0 Å². The Hall–Kier alpha value is -1.97. The first-order valence-corrected chi connectivity index (χ1v) is 10.2. The number of anilines is 1. The van der Waals surface area contributed by atoms with E-state index in [1.807, 2.05) is 17.5 Å². The molecule has 3 aromatic heterocycles. The van der Waals surface area contributed by atoms with E-state index in [0.29, 0.717) is 21.5 Å². The van der Waals surface area contributed by atoms with Gasteiger partial charge in [-0.1, -0.05) is 0 Å². The number of sulfone groups is 1.